The monoisotopic (exact) mass is 448 g/mol. The van der Waals surface area contributed by atoms with Crippen molar-refractivity contribution in [2.75, 3.05) is 0 Å². The number of esters is 1. The molecule has 2 aromatic carbocycles. The van der Waals surface area contributed by atoms with Crippen molar-refractivity contribution in [3.8, 4) is 11.5 Å². The Morgan fingerprint density at radius 2 is 1.88 bits per heavy atom. The Kier molecular flexibility index (Phi) is 8.30. The van der Waals surface area contributed by atoms with Crippen LogP contribution in [0.1, 0.15) is 37.4 Å². The number of rotatable bonds is 9. The van der Waals surface area contributed by atoms with E-state index in [-0.39, 0.29) is 18.3 Å². The number of amides is 1. The average Bonchev–Trinajstić information content (AvgIpc) is 2.79. The first-order chi connectivity index (χ1) is 15.9. The van der Waals surface area contributed by atoms with Crippen LogP contribution in [0.15, 0.2) is 79.1 Å². The van der Waals surface area contributed by atoms with E-state index >= 15 is 0 Å². The molecule has 0 fully saturated rings. The molecule has 0 radical (unpaired) electrons. The lowest BCUT2D eigenvalue weighted by Gasteiger charge is -2.18. The van der Waals surface area contributed by atoms with Gasteiger partial charge in [-0.3, -0.25) is 14.6 Å². The molecule has 33 heavy (non-hydrogen) atoms. The van der Waals surface area contributed by atoms with E-state index in [1.807, 2.05) is 30.3 Å². The van der Waals surface area contributed by atoms with Crippen molar-refractivity contribution in [2.45, 2.75) is 32.4 Å². The molecular formula is C26H25FN2O4. The molecule has 1 unspecified atom stereocenters. The van der Waals surface area contributed by atoms with Crippen molar-refractivity contribution in [1.82, 2.24) is 10.3 Å². The molecule has 1 heterocycles. The second-order valence-electron chi connectivity index (χ2n) is 7.53. The minimum atomic E-state index is -0.569. The average molecular weight is 448 g/mol. The van der Waals surface area contributed by atoms with Gasteiger partial charge in [-0.25, -0.2) is 4.39 Å². The number of aromatic nitrogens is 1. The summed E-state index contributed by atoms with van der Waals surface area (Å²) in [5.41, 5.74) is 1.26. The third-order valence-electron chi connectivity index (χ3n) is 4.50. The van der Waals surface area contributed by atoms with E-state index < -0.39 is 23.7 Å². The molecule has 6 nitrogen and oxygen atoms in total. The SMILES string of the molecule is CC(C)OC(=O)CC(NC(=O)/C=C/c1ccc(Oc2cccnc2)c(F)c1)c1ccccc1. The fourth-order valence-corrected chi connectivity index (χ4v) is 3.04. The molecule has 0 bridgehead atoms. The van der Waals surface area contributed by atoms with Crippen molar-refractivity contribution < 1.29 is 23.5 Å². The summed E-state index contributed by atoms with van der Waals surface area (Å²) in [6.45, 7) is 3.53. The van der Waals surface area contributed by atoms with Crippen LogP contribution < -0.4 is 10.1 Å². The van der Waals surface area contributed by atoms with Gasteiger partial charge in [-0.1, -0.05) is 36.4 Å². The molecule has 3 rings (SSSR count). The Balaban J connectivity index is 1.66. The summed E-state index contributed by atoms with van der Waals surface area (Å²) in [5, 5.41) is 2.81. The van der Waals surface area contributed by atoms with Gasteiger partial charge >= 0.3 is 5.97 Å². The van der Waals surface area contributed by atoms with Crippen LogP contribution in [0.3, 0.4) is 0 Å². The van der Waals surface area contributed by atoms with Crippen molar-refractivity contribution in [3.05, 3.63) is 96.1 Å². The van der Waals surface area contributed by atoms with Crippen molar-refractivity contribution in [2.24, 2.45) is 0 Å². The van der Waals surface area contributed by atoms with Crippen LogP contribution >= 0.6 is 0 Å². The highest BCUT2D eigenvalue weighted by Crippen LogP contribution is 2.25. The zero-order chi connectivity index (χ0) is 23.6. The third-order valence-corrected chi connectivity index (χ3v) is 4.50. The second kappa shape index (κ2) is 11.6. The smallest absolute Gasteiger partial charge is 0.308 e. The van der Waals surface area contributed by atoms with Crippen LogP contribution in [0.5, 0.6) is 11.5 Å². The van der Waals surface area contributed by atoms with Crippen molar-refractivity contribution in [1.29, 1.82) is 0 Å². The van der Waals surface area contributed by atoms with Gasteiger partial charge in [0.05, 0.1) is 24.8 Å². The summed E-state index contributed by atoms with van der Waals surface area (Å²) >= 11 is 0. The molecule has 170 valence electrons. The fourth-order valence-electron chi connectivity index (χ4n) is 3.04. The number of hydrogen-bond donors (Lipinski definition) is 1. The zero-order valence-electron chi connectivity index (χ0n) is 18.4. The normalized spacial score (nSPS) is 11.9. The maximum Gasteiger partial charge on any atom is 0.308 e. The van der Waals surface area contributed by atoms with Gasteiger partial charge in [0.2, 0.25) is 5.91 Å². The molecule has 0 aliphatic carbocycles. The molecule has 1 amide bonds. The molecule has 0 saturated carbocycles. The lowest BCUT2D eigenvalue weighted by Crippen LogP contribution is -2.29. The topological polar surface area (TPSA) is 77.5 Å². The van der Waals surface area contributed by atoms with Gasteiger partial charge in [-0.05, 0) is 55.3 Å². The Bertz CT molecular complexity index is 1100. The van der Waals surface area contributed by atoms with Crippen molar-refractivity contribution >= 4 is 18.0 Å². The largest absolute Gasteiger partial charge is 0.463 e. The number of pyridine rings is 1. The minimum absolute atomic E-state index is 0.00319. The molecule has 0 aliphatic rings. The first kappa shape index (κ1) is 23.7. The van der Waals surface area contributed by atoms with Crippen LogP contribution in [0.25, 0.3) is 6.08 Å². The minimum Gasteiger partial charge on any atom is -0.463 e. The molecular weight excluding hydrogens is 423 g/mol. The fraction of sp³-hybridized carbons (Fsp3) is 0.192. The van der Waals surface area contributed by atoms with E-state index in [2.05, 4.69) is 10.3 Å². The Morgan fingerprint density at radius 3 is 2.55 bits per heavy atom. The van der Waals surface area contributed by atoms with Crippen LogP contribution in [0.2, 0.25) is 0 Å². The predicted octanol–water partition coefficient (Wildman–Crippen LogP) is 5.23. The third kappa shape index (κ3) is 7.57. The van der Waals surface area contributed by atoms with Gasteiger partial charge < -0.3 is 14.8 Å². The van der Waals surface area contributed by atoms with Crippen LogP contribution in [0, 0.1) is 5.82 Å². The van der Waals surface area contributed by atoms with Crippen LogP contribution in [-0.4, -0.2) is 23.0 Å². The number of ether oxygens (including phenoxy) is 2. The lowest BCUT2D eigenvalue weighted by atomic mass is 10.0. The summed E-state index contributed by atoms with van der Waals surface area (Å²) in [6.07, 6.45) is 5.61. The van der Waals surface area contributed by atoms with Crippen molar-refractivity contribution in [3.63, 3.8) is 0 Å². The second-order valence-corrected chi connectivity index (χ2v) is 7.53. The maximum atomic E-state index is 14.4. The molecule has 0 aliphatic heterocycles. The van der Waals surface area contributed by atoms with E-state index in [1.54, 1.807) is 38.2 Å². The summed E-state index contributed by atoms with van der Waals surface area (Å²) in [4.78, 5) is 28.6. The molecule has 1 aromatic heterocycles. The zero-order valence-corrected chi connectivity index (χ0v) is 18.4. The first-order valence-electron chi connectivity index (χ1n) is 10.5. The highest BCUT2D eigenvalue weighted by atomic mass is 19.1. The quantitative estimate of drug-likeness (QED) is 0.358. The summed E-state index contributed by atoms with van der Waals surface area (Å²) in [7, 11) is 0. The van der Waals surface area contributed by atoms with Gasteiger partial charge in [0, 0.05) is 12.3 Å². The van der Waals surface area contributed by atoms with Gasteiger partial charge in [0.1, 0.15) is 5.75 Å². The van der Waals surface area contributed by atoms with Gasteiger partial charge in [-0.2, -0.15) is 0 Å². The van der Waals surface area contributed by atoms with E-state index in [0.717, 1.165) is 5.56 Å². The Morgan fingerprint density at radius 1 is 1.09 bits per heavy atom. The summed E-state index contributed by atoms with van der Waals surface area (Å²) < 4.78 is 25.1. The summed E-state index contributed by atoms with van der Waals surface area (Å²) in [6, 6.07) is 16.4. The number of benzene rings is 2. The van der Waals surface area contributed by atoms with E-state index in [4.69, 9.17) is 9.47 Å². The first-order valence-corrected chi connectivity index (χ1v) is 10.5. The number of halogens is 1. The molecule has 1 N–H and O–H groups in total. The number of carbonyl (C=O) groups is 2. The van der Waals surface area contributed by atoms with Crippen LogP contribution in [0.4, 0.5) is 4.39 Å². The molecule has 0 spiro atoms. The van der Waals surface area contributed by atoms with Crippen LogP contribution in [-0.2, 0) is 14.3 Å². The number of nitrogens with one attached hydrogen (secondary N) is 1. The highest BCUT2D eigenvalue weighted by Gasteiger charge is 2.19. The Labute approximate surface area is 192 Å². The van der Waals surface area contributed by atoms with Gasteiger partial charge in [0.25, 0.3) is 0 Å². The molecule has 1 atom stereocenters. The molecule has 0 saturated heterocycles. The maximum absolute atomic E-state index is 14.4. The van der Waals surface area contributed by atoms with E-state index in [9.17, 15) is 14.0 Å². The number of hydrogen-bond acceptors (Lipinski definition) is 5. The number of carbonyl (C=O) groups excluding carboxylic acids is 2. The predicted molar refractivity (Wildman–Crippen MR) is 123 cm³/mol. The molecule has 7 heteroatoms. The number of nitrogens with zero attached hydrogens (tertiary/aromatic N) is 1. The summed E-state index contributed by atoms with van der Waals surface area (Å²) in [5.74, 6) is -0.925. The molecule has 3 aromatic rings. The highest BCUT2D eigenvalue weighted by molar-refractivity contribution is 5.92. The van der Waals surface area contributed by atoms with Gasteiger partial charge in [-0.15, -0.1) is 0 Å². The van der Waals surface area contributed by atoms with E-state index in [0.29, 0.717) is 11.3 Å². The standard InChI is InChI=1S/C26H25FN2O4/c1-18(2)32-26(31)16-23(20-7-4-3-5-8-20)29-25(30)13-11-19-10-12-24(22(27)15-19)33-21-9-6-14-28-17-21/h3-15,17-18,23H,16H2,1-2H3,(H,29,30)/b13-11+. The van der Waals surface area contributed by atoms with E-state index in [1.165, 1.54) is 30.5 Å². The van der Waals surface area contributed by atoms with Gasteiger partial charge in [0.15, 0.2) is 11.6 Å². The Hall–Kier alpha value is -4.00. The lowest BCUT2D eigenvalue weighted by molar-refractivity contribution is -0.148.